The van der Waals surface area contributed by atoms with Crippen LogP contribution in [0.2, 0.25) is 0 Å². The fraction of sp³-hybridized carbons (Fsp3) is 0.500. The predicted octanol–water partition coefficient (Wildman–Crippen LogP) is 2.73. The summed E-state index contributed by atoms with van der Waals surface area (Å²) in [5.41, 5.74) is 6.34. The summed E-state index contributed by atoms with van der Waals surface area (Å²) in [6, 6.07) is 4.09. The fourth-order valence-corrected chi connectivity index (χ4v) is 2.22. The fourth-order valence-electron chi connectivity index (χ4n) is 2.22. The highest BCUT2D eigenvalue weighted by Gasteiger charge is 2.53. The molecule has 0 spiro atoms. The van der Waals surface area contributed by atoms with Gasteiger partial charge in [0.25, 0.3) is 0 Å². The molecule has 1 fully saturated rings. The Bertz CT molecular complexity index is 389. The van der Waals surface area contributed by atoms with Gasteiger partial charge in [-0.3, -0.25) is 0 Å². The Morgan fingerprint density at radius 1 is 1.20 bits per heavy atom. The van der Waals surface area contributed by atoms with Crippen molar-refractivity contribution in [1.82, 2.24) is 0 Å². The molecule has 0 bridgehead atoms. The van der Waals surface area contributed by atoms with E-state index in [1.165, 1.54) is 12.1 Å². The van der Waals surface area contributed by atoms with Gasteiger partial charge < -0.3 is 5.73 Å². The number of halogens is 2. The first-order valence-electron chi connectivity index (χ1n) is 5.11. The van der Waals surface area contributed by atoms with Crippen molar-refractivity contribution < 1.29 is 8.78 Å². The topological polar surface area (TPSA) is 26.0 Å². The van der Waals surface area contributed by atoms with E-state index in [0.29, 0.717) is 0 Å². The summed E-state index contributed by atoms with van der Waals surface area (Å²) in [5.74, 6) is -1.59. The first-order chi connectivity index (χ1) is 6.87. The number of hydrogen-bond acceptors (Lipinski definition) is 1. The minimum atomic E-state index is -0.802. The Kier molecular flexibility index (Phi) is 2.12. The molecule has 0 unspecified atom stereocenters. The van der Waals surface area contributed by atoms with Gasteiger partial charge in [-0.15, -0.1) is 0 Å². The maximum atomic E-state index is 13.1. The van der Waals surface area contributed by atoms with Crippen LogP contribution in [0.4, 0.5) is 8.78 Å². The van der Waals surface area contributed by atoms with E-state index < -0.39 is 17.2 Å². The number of benzene rings is 1. The Labute approximate surface area is 88.3 Å². The van der Waals surface area contributed by atoms with Crippen LogP contribution in [0.1, 0.15) is 32.3 Å². The van der Waals surface area contributed by atoms with Crippen molar-refractivity contribution in [1.29, 1.82) is 0 Å². The predicted molar refractivity (Wildman–Crippen MR) is 55.5 cm³/mol. The van der Waals surface area contributed by atoms with Crippen molar-refractivity contribution >= 4 is 0 Å². The van der Waals surface area contributed by atoms with E-state index in [9.17, 15) is 8.78 Å². The van der Waals surface area contributed by atoms with Gasteiger partial charge in [0.15, 0.2) is 11.6 Å². The highest BCUT2D eigenvalue weighted by atomic mass is 19.2. The van der Waals surface area contributed by atoms with Gasteiger partial charge in [0.05, 0.1) is 0 Å². The zero-order valence-corrected chi connectivity index (χ0v) is 8.98. The highest BCUT2D eigenvalue weighted by Crippen LogP contribution is 2.54. The zero-order chi connectivity index (χ0) is 11.3. The molecule has 82 valence electrons. The van der Waals surface area contributed by atoms with E-state index in [1.54, 1.807) is 6.07 Å². The van der Waals surface area contributed by atoms with Crippen LogP contribution in [-0.2, 0) is 5.41 Å². The van der Waals surface area contributed by atoms with E-state index in [4.69, 9.17) is 5.73 Å². The Morgan fingerprint density at radius 2 is 1.80 bits per heavy atom. The Hall–Kier alpha value is -0.960. The Morgan fingerprint density at radius 3 is 2.20 bits per heavy atom. The van der Waals surface area contributed by atoms with Gasteiger partial charge in [-0.2, -0.15) is 0 Å². The zero-order valence-electron chi connectivity index (χ0n) is 8.98. The van der Waals surface area contributed by atoms with Gasteiger partial charge in [-0.25, -0.2) is 8.78 Å². The largest absolute Gasteiger partial charge is 0.325 e. The first-order valence-corrected chi connectivity index (χ1v) is 5.11. The second kappa shape index (κ2) is 3.01. The molecule has 0 aromatic heterocycles. The lowest BCUT2D eigenvalue weighted by Crippen LogP contribution is -2.45. The van der Waals surface area contributed by atoms with Crippen molar-refractivity contribution in [3.05, 3.63) is 35.4 Å². The van der Waals surface area contributed by atoms with Crippen LogP contribution in [0.3, 0.4) is 0 Å². The van der Waals surface area contributed by atoms with E-state index >= 15 is 0 Å². The van der Waals surface area contributed by atoms with Gasteiger partial charge in [-0.05, 0) is 44.4 Å². The molecule has 2 rings (SSSR count). The molecular weight excluding hydrogens is 196 g/mol. The van der Waals surface area contributed by atoms with Gasteiger partial charge >= 0.3 is 0 Å². The minimum absolute atomic E-state index is 0.165. The quantitative estimate of drug-likeness (QED) is 0.799. The van der Waals surface area contributed by atoms with Gasteiger partial charge in [0.2, 0.25) is 0 Å². The second-order valence-corrected chi connectivity index (χ2v) is 4.93. The van der Waals surface area contributed by atoms with Gasteiger partial charge in [0, 0.05) is 11.0 Å². The van der Waals surface area contributed by atoms with Crippen molar-refractivity contribution in [3.8, 4) is 0 Å². The standard InChI is InChI=1S/C12H15F2N/c1-11(2,15)12(5-6-12)8-3-4-9(13)10(14)7-8/h3-4,7H,5-6,15H2,1-2H3. The van der Waals surface area contributed by atoms with Crippen LogP contribution < -0.4 is 5.73 Å². The van der Waals surface area contributed by atoms with E-state index in [1.807, 2.05) is 13.8 Å². The van der Waals surface area contributed by atoms with Crippen LogP contribution in [0.25, 0.3) is 0 Å². The summed E-state index contributed by atoms with van der Waals surface area (Å²) < 4.78 is 25.9. The molecule has 1 aliphatic rings. The SMILES string of the molecule is CC(C)(N)C1(c2ccc(F)c(F)c2)CC1. The normalized spacial score (nSPS) is 19.0. The maximum Gasteiger partial charge on any atom is 0.159 e. The van der Waals surface area contributed by atoms with Crippen LogP contribution in [0, 0.1) is 11.6 Å². The lowest BCUT2D eigenvalue weighted by molar-refractivity contribution is 0.388. The number of rotatable bonds is 2. The molecule has 1 aromatic rings. The summed E-state index contributed by atoms with van der Waals surface area (Å²) >= 11 is 0. The number of hydrogen-bond donors (Lipinski definition) is 1. The molecule has 0 atom stereocenters. The molecule has 1 aromatic carbocycles. The van der Waals surface area contributed by atoms with Crippen molar-refractivity contribution in [3.63, 3.8) is 0 Å². The van der Waals surface area contributed by atoms with E-state index in [0.717, 1.165) is 18.4 Å². The Balaban J connectivity index is 2.43. The molecule has 0 aliphatic heterocycles. The third kappa shape index (κ3) is 1.55. The summed E-state index contributed by atoms with van der Waals surface area (Å²) in [5, 5.41) is 0. The summed E-state index contributed by atoms with van der Waals surface area (Å²) in [6.45, 7) is 3.86. The van der Waals surface area contributed by atoms with E-state index in [-0.39, 0.29) is 5.41 Å². The first kappa shape index (κ1) is 10.6. The van der Waals surface area contributed by atoms with Crippen molar-refractivity contribution in [2.24, 2.45) is 5.73 Å². The van der Waals surface area contributed by atoms with Crippen molar-refractivity contribution in [2.45, 2.75) is 37.6 Å². The van der Waals surface area contributed by atoms with Crippen LogP contribution >= 0.6 is 0 Å². The molecule has 15 heavy (non-hydrogen) atoms. The smallest absolute Gasteiger partial charge is 0.159 e. The molecule has 1 aliphatic carbocycles. The summed E-state index contributed by atoms with van der Waals surface area (Å²) in [6.07, 6.45) is 1.89. The third-order valence-corrected chi connectivity index (χ3v) is 3.46. The van der Waals surface area contributed by atoms with Crippen LogP contribution in [0.15, 0.2) is 18.2 Å². The lowest BCUT2D eigenvalue weighted by Gasteiger charge is -2.31. The van der Waals surface area contributed by atoms with Crippen LogP contribution in [0.5, 0.6) is 0 Å². The molecular formula is C12H15F2N. The second-order valence-electron chi connectivity index (χ2n) is 4.93. The lowest BCUT2D eigenvalue weighted by atomic mass is 9.79. The third-order valence-electron chi connectivity index (χ3n) is 3.46. The van der Waals surface area contributed by atoms with Gasteiger partial charge in [0.1, 0.15) is 0 Å². The number of nitrogens with two attached hydrogens (primary N) is 1. The average molecular weight is 211 g/mol. The molecule has 0 saturated heterocycles. The highest BCUT2D eigenvalue weighted by molar-refractivity contribution is 5.36. The monoisotopic (exact) mass is 211 g/mol. The van der Waals surface area contributed by atoms with Crippen LogP contribution in [-0.4, -0.2) is 5.54 Å². The van der Waals surface area contributed by atoms with E-state index in [2.05, 4.69) is 0 Å². The molecule has 0 radical (unpaired) electrons. The van der Waals surface area contributed by atoms with Gasteiger partial charge in [-0.1, -0.05) is 6.07 Å². The molecule has 1 saturated carbocycles. The average Bonchev–Trinajstić information content (AvgIpc) is 2.88. The molecule has 1 nitrogen and oxygen atoms in total. The minimum Gasteiger partial charge on any atom is -0.325 e. The van der Waals surface area contributed by atoms with Crippen molar-refractivity contribution in [2.75, 3.05) is 0 Å². The molecule has 0 heterocycles. The summed E-state index contributed by atoms with van der Waals surface area (Å²) in [7, 11) is 0. The molecule has 3 heteroatoms. The molecule has 0 amide bonds. The molecule has 2 N–H and O–H groups in total. The summed E-state index contributed by atoms with van der Waals surface area (Å²) in [4.78, 5) is 0. The maximum absolute atomic E-state index is 13.1.